The second-order valence-corrected chi connectivity index (χ2v) is 5.76. The normalized spacial score (nSPS) is 31.2. The number of hydrogen-bond acceptors (Lipinski definition) is 3. The minimum atomic E-state index is -0.891. The van der Waals surface area contributed by atoms with Gasteiger partial charge in [0.25, 0.3) is 0 Å². The predicted octanol–water partition coefficient (Wildman–Crippen LogP) is 1.40. The van der Waals surface area contributed by atoms with E-state index in [0.717, 1.165) is 12.8 Å². The lowest BCUT2D eigenvalue weighted by Crippen LogP contribution is -2.57. The van der Waals surface area contributed by atoms with E-state index in [1.165, 1.54) is 4.90 Å². The fourth-order valence-corrected chi connectivity index (χ4v) is 3.05. The SMILES string of the molecule is CCC1CCN(C(=O)N2CCOC(C)C2)C(C(=O)O)C1. The number of nitrogens with zero attached hydrogens (tertiary/aromatic N) is 2. The molecule has 2 amide bonds. The minimum absolute atomic E-state index is 0.0177. The van der Waals surface area contributed by atoms with Gasteiger partial charge in [-0.05, 0) is 25.7 Å². The van der Waals surface area contributed by atoms with Crippen LogP contribution >= 0.6 is 0 Å². The number of piperidine rings is 1. The van der Waals surface area contributed by atoms with Crippen LogP contribution in [0.5, 0.6) is 0 Å². The molecule has 2 aliphatic rings. The first-order chi connectivity index (χ1) is 9.52. The maximum absolute atomic E-state index is 12.5. The van der Waals surface area contributed by atoms with Crippen LogP contribution in [0.2, 0.25) is 0 Å². The fraction of sp³-hybridized carbons (Fsp3) is 0.857. The van der Waals surface area contributed by atoms with E-state index in [4.69, 9.17) is 4.74 Å². The molecular weight excluding hydrogens is 260 g/mol. The summed E-state index contributed by atoms with van der Waals surface area (Å²) in [4.78, 5) is 27.2. The number of amides is 2. The number of rotatable bonds is 2. The molecule has 0 radical (unpaired) electrons. The smallest absolute Gasteiger partial charge is 0.326 e. The van der Waals surface area contributed by atoms with Crippen LogP contribution in [-0.2, 0) is 9.53 Å². The van der Waals surface area contributed by atoms with E-state index in [1.54, 1.807) is 4.90 Å². The second-order valence-electron chi connectivity index (χ2n) is 5.76. The summed E-state index contributed by atoms with van der Waals surface area (Å²) < 4.78 is 5.43. The predicted molar refractivity (Wildman–Crippen MR) is 73.5 cm³/mol. The highest BCUT2D eigenvalue weighted by Gasteiger charge is 2.38. The molecule has 0 aromatic heterocycles. The van der Waals surface area contributed by atoms with E-state index in [9.17, 15) is 14.7 Å². The fourth-order valence-electron chi connectivity index (χ4n) is 3.05. The summed E-state index contributed by atoms with van der Waals surface area (Å²) in [7, 11) is 0. The van der Waals surface area contributed by atoms with E-state index in [1.807, 2.05) is 6.92 Å². The summed E-state index contributed by atoms with van der Waals surface area (Å²) >= 11 is 0. The van der Waals surface area contributed by atoms with Gasteiger partial charge >= 0.3 is 12.0 Å². The molecule has 6 heteroatoms. The van der Waals surface area contributed by atoms with Gasteiger partial charge in [0.1, 0.15) is 6.04 Å². The number of carboxylic acids is 1. The number of carboxylic acid groups (broad SMARTS) is 1. The molecule has 1 N–H and O–H groups in total. The lowest BCUT2D eigenvalue weighted by molar-refractivity contribution is -0.144. The van der Waals surface area contributed by atoms with Crippen molar-refractivity contribution in [1.82, 2.24) is 9.80 Å². The first-order valence-electron chi connectivity index (χ1n) is 7.42. The number of carbonyl (C=O) groups is 2. The Hall–Kier alpha value is -1.30. The maximum Gasteiger partial charge on any atom is 0.326 e. The number of hydrogen-bond donors (Lipinski definition) is 1. The number of morpholine rings is 1. The first-order valence-corrected chi connectivity index (χ1v) is 7.42. The van der Waals surface area contributed by atoms with Crippen LogP contribution < -0.4 is 0 Å². The van der Waals surface area contributed by atoms with Gasteiger partial charge in [0.05, 0.1) is 12.7 Å². The summed E-state index contributed by atoms with van der Waals surface area (Å²) in [5.74, 6) is -0.485. The molecule has 6 nitrogen and oxygen atoms in total. The molecule has 114 valence electrons. The van der Waals surface area contributed by atoms with Gasteiger partial charge < -0.3 is 19.6 Å². The Morgan fingerprint density at radius 3 is 2.70 bits per heavy atom. The zero-order valence-corrected chi connectivity index (χ0v) is 12.2. The van der Waals surface area contributed by atoms with Gasteiger partial charge in [0.2, 0.25) is 0 Å². The standard InChI is InChI=1S/C14H24N2O4/c1-3-11-4-5-16(12(8-11)13(17)18)14(19)15-6-7-20-10(2)9-15/h10-12H,3-9H2,1-2H3,(H,17,18). The molecule has 0 aliphatic carbocycles. The van der Waals surface area contributed by atoms with Gasteiger partial charge in [-0.3, -0.25) is 0 Å². The van der Waals surface area contributed by atoms with Crippen molar-refractivity contribution in [2.75, 3.05) is 26.2 Å². The highest BCUT2D eigenvalue weighted by molar-refractivity contribution is 5.83. The Kier molecular flexibility index (Phi) is 4.86. The molecule has 0 bridgehead atoms. The Morgan fingerprint density at radius 2 is 2.10 bits per heavy atom. The van der Waals surface area contributed by atoms with Crippen molar-refractivity contribution in [2.24, 2.45) is 5.92 Å². The average Bonchev–Trinajstić information content (AvgIpc) is 2.45. The third kappa shape index (κ3) is 3.23. The maximum atomic E-state index is 12.5. The van der Waals surface area contributed by atoms with E-state index < -0.39 is 12.0 Å². The first kappa shape index (κ1) is 15.1. The van der Waals surface area contributed by atoms with Crippen molar-refractivity contribution in [2.45, 2.75) is 45.3 Å². The van der Waals surface area contributed by atoms with Gasteiger partial charge in [0.15, 0.2) is 0 Å². The van der Waals surface area contributed by atoms with Crippen molar-refractivity contribution >= 4 is 12.0 Å². The number of carbonyl (C=O) groups excluding carboxylic acids is 1. The van der Waals surface area contributed by atoms with Crippen LogP contribution in [0.4, 0.5) is 4.79 Å². The number of likely N-dealkylation sites (tertiary alicyclic amines) is 1. The van der Waals surface area contributed by atoms with E-state index in [0.29, 0.717) is 38.6 Å². The van der Waals surface area contributed by atoms with Crippen LogP contribution in [-0.4, -0.2) is 65.3 Å². The van der Waals surface area contributed by atoms with E-state index >= 15 is 0 Å². The molecule has 3 unspecified atom stereocenters. The summed E-state index contributed by atoms with van der Waals surface area (Å²) in [5.41, 5.74) is 0. The Balaban J connectivity index is 2.05. The van der Waals surface area contributed by atoms with Crippen molar-refractivity contribution in [1.29, 1.82) is 0 Å². The second kappa shape index (κ2) is 6.43. The summed E-state index contributed by atoms with van der Waals surface area (Å²) in [6.07, 6.45) is 2.45. The van der Waals surface area contributed by atoms with Crippen LogP contribution in [0.1, 0.15) is 33.1 Å². The van der Waals surface area contributed by atoms with Gasteiger partial charge in [-0.2, -0.15) is 0 Å². The summed E-state index contributed by atoms with van der Waals surface area (Å²) in [6, 6.07) is -0.832. The molecule has 2 saturated heterocycles. The van der Waals surface area contributed by atoms with E-state index in [2.05, 4.69) is 6.92 Å². The molecule has 2 fully saturated rings. The largest absolute Gasteiger partial charge is 0.480 e. The van der Waals surface area contributed by atoms with Crippen LogP contribution in [0, 0.1) is 5.92 Å². The highest BCUT2D eigenvalue weighted by Crippen LogP contribution is 2.26. The van der Waals surface area contributed by atoms with Crippen LogP contribution in [0.25, 0.3) is 0 Å². The molecule has 2 heterocycles. The van der Waals surface area contributed by atoms with Gasteiger partial charge in [-0.1, -0.05) is 13.3 Å². The third-order valence-electron chi connectivity index (χ3n) is 4.33. The molecular formula is C14H24N2O4. The number of aliphatic carboxylic acids is 1. The zero-order valence-electron chi connectivity index (χ0n) is 12.2. The van der Waals surface area contributed by atoms with Gasteiger partial charge in [0, 0.05) is 19.6 Å². The highest BCUT2D eigenvalue weighted by atomic mass is 16.5. The molecule has 2 aliphatic heterocycles. The topological polar surface area (TPSA) is 70.1 Å². The summed E-state index contributed by atoms with van der Waals surface area (Å²) in [6.45, 7) is 6.15. The lowest BCUT2D eigenvalue weighted by Gasteiger charge is -2.41. The Morgan fingerprint density at radius 1 is 1.35 bits per heavy atom. The van der Waals surface area contributed by atoms with E-state index in [-0.39, 0.29) is 12.1 Å². The van der Waals surface area contributed by atoms with Crippen molar-refractivity contribution in [3.63, 3.8) is 0 Å². The van der Waals surface area contributed by atoms with Crippen LogP contribution in [0.3, 0.4) is 0 Å². The van der Waals surface area contributed by atoms with Gasteiger partial charge in [-0.15, -0.1) is 0 Å². The monoisotopic (exact) mass is 284 g/mol. The van der Waals surface area contributed by atoms with Crippen molar-refractivity contribution < 1.29 is 19.4 Å². The number of ether oxygens (including phenoxy) is 1. The lowest BCUT2D eigenvalue weighted by atomic mass is 9.89. The molecule has 3 atom stereocenters. The molecule has 0 saturated carbocycles. The molecule has 2 rings (SSSR count). The Bertz CT molecular complexity index is 374. The van der Waals surface area contributed by atoms with Crippen molar-refractivity contribution in [3.05, 3.63) is 0 Å². The molecule has 0 aromatic carbocycles. The van der Waals surface area contributed by atoms with Crippen LogP contribution in [0.15, 0.2) is 0 Å². The molecule has 0 spiro atoms. The minimum Gasteiger partial charge on any atom is -0.480 e. The third-order valence-corrected chi connectivity index (χ3v) is 4.33. The quantitative estimate of drug-likeness (QED) is 0.832. The number of urea groups is 1. The Labute approximate surface area is 119 Å². The van der Waals surface area contributed by atoms with Crippen molar-refractivity contribution in [3.8, 4) is 0 Å². The average molecular weight is 284 g/mol. The molecule has 0 aromatic rings. The zero-order chi connectivity index (χ0) is 14.7. The molecule has 20 heavy (non-hydrogen) atoms. The van der Waals surface area contributed by atoms with Gasteiger partial charge in [-0.25, -0.2) is 9.59 Å². The summed E-state index contributed by atoms with van der Waals surface area (Å²) in [5, 5.41) is 9.38.